The van der Waals surface area contributed by atoms with Crippen molar-refractivity contribution < 1.29 is 0 Å². The molecule has 0 aliphatic heterocycles. The van der Waals surface area contributed by atoms with Gasteiger partial charge in [0.2, 0.25) is 0 Å². The molecule has 4 aromatic heterocycles. The predicted octanol–water partition coefficient (Wildman–Crippen LogP) is 11.4. The second-order valence-electron chi connectivity index (χ2n) is 13.3. The van der Waals surface area contributed by atoms with Crippen molar-refractivity contribution in [2.45, 2.75) is 6.92 Å². The molecule has 0 bridgehead atoms. The molecular weight excluding hydrogens is 623 g/mol. The van der Waals surface area contributed by atoms with E-state index in [1.807, 2.05) is 37.3 Å². The number of benzene rings is 7. The maximum atomic E-state index is 4.86. The van der Waals surface area contributed by atoms with Gasteiger partial charge >= 0.3 is 0 Å². The molecule has 5 heteroatoms. The highest BCUT2D eigenvalue weighted by Crippen LogP contribution is 2.42. The summed E-state index contributed by atoms with van der Waals surface area (Å²) in [7, 11) is 0. The van der Waals surface area contributed by atoms with E-state index >= 15 is 0 Å². The number of para-hydroxylation sites is 4. The van der Waals surface area contributed by atoms with Crippen molar-refractivity contribution in [3.05, 3.63) is 164 Å². The Kier molecular flexibility index (Phi) is 5.81. The summed E-state index contributed by atoms with van der Waals surface area (Å²) in [5.41, 5.74) is 11.5. The van der Waals surface area contributed by atoms with Gasteiger partial charge in [-0.2, -0.15) is 0 Å². The van der Waals surface area contributed by atoms with Gasteiger partial charge in [-0.05, 0) is 61.0 Å². The van der Waals surface area contributed by atoms with Crippen LogP contribution in [0.25, 0.3) is 99.5 Å². The van der Waals surface area contributed by atoms with Crippen LogP contribution in [0.3, 0.4) is 0 Å². The molecule has 0 saturated carbocycles. The fourth-order valence-electron chi connectivity index (χ4n) is 8.21. The highest BCUT2D eigenvalue weighted by atomic mass is 15.0. The van der Waals surface area contributed by atoms with Crippen LogP contribution >= 0.6 is 0 Å². The Morgan fingerprint density at radius 2 is 0.941 bits per heavy atom. The maximum Gasteiger partial charge on any atom is 0.163 e. The summed E-state index contributed by atoms with van der Waals surface area (Å²) < 4.78 is 4.85. The zero-order chi connectivity index (χ0) is 33.6. The first-order valence-corrected chi connectivity index (χ1v) is 17.3. The summed E-state index contributed by atoms with van der Waals surface area (Å²) >= 11 is 0. The van der Waals surface area contributed by atoms with Gasteiger partial charge in [0.1, 0.15) is 5.82 Å². The topological polar surface area (TPSA) is 48.0 Å². The van der Waals surface area contributed by atoms with Crippen LogP contribution in [0.15, 0.2) is 158 Å². The van der Waals surface area contributed by atoms with E-state index in [0.29, 0.717) is 17.5 Å². The average molecular weight is 652 g/mol. The Hall–Kier alpha value is -6.85. The number of aryl methyl sites for hydroxylation is 1. The van der Waals surface area contributed by atoms with E-state index in [1.54, 1.807) is 0 Å². The van der Waals surface area contributed by atoms with Crippen molar-refractivity contribution in [3.63, 3.8) is 0 Å². The number of fused-ring (bicyclic) bond motifs is 9. The molecule has 11 rings (SSSR count). The smallest absolute Gasteiger partial charge is 0.163 e. The fourth-order valence-corrected chi connectivity index (χ4v) is 8.21. The van der Waals surface area contributed by atoms with Crippen molar-refractivity contribution in [3.8, 4) is 39.6 Å². The zero-order valence-electron chi connectivity index (χ0n) is 27.7. The van der Waals surface area contributed by atoms with Crippen molar-refractivity contribution in [2.75, 3.05) is 0 Å². The van der Waals surface area contributed by atoms with E-state index in [4.69, 9.17) is 9.97 Å². The van der Waals surface area contributed by atoms with Crippen molar-refractivity contribution in [1.82, 2.24) is 23.9 Å². The summed E-state index contributed by atoms with van der Waals surface area (Å²) in [5.74, 6) is 2.05. The van der Waals surface area contributed by atoms with E-state index in [1.165, 1.54) is 71.0 Å². The minimum absolute atomic E-state index is 0.669. The van der Waals surface area contributed by atoms with Gasteiger partial charge < -0.3 is 8.97 Å². The molecule has 0 aliphatic rings. The Morgan fingerprint density at radius 3 is 1.71 bits per heavy atom. The summed E-state index contributed by atoms with van der Waals surface area (Å²) in [6.45, 7) is 1.92. The number of rotatable bonds is 4. The second kappa shape index (κ2) is 10.6. The monoisotopic (exact) mass is 651 g/mol. The molecule has 0 N–H and O–H groups in total. The lowest BCUT2D eigenvalue weighted by atomic mass is 9.99. The molecule has 0 atom stereocenters. The first kappa shape index (κ1) is 28.0. The molecule has 0 unspecified atom stereocenters. The molecule has 0 saturated heterocycles. The lowest BCUT2D eigenvalue weighted by Gasteiger charge is -2.13. The molecule has 4 heterocycles. The van der Waals surface area contributed by atoms with Crippen LogP contribution in [-0.2, 0) is 0 Å². The van der Waals surface area contributed by atoms with Gasteiger partial charge in [0.15, 0.2) is 11.6 Å². The molecule has 0 aliphatic carbocycles. The molecule has 238 valence electrons. The first-order valence-electron chi connectivity index (χ1n) is 17.3. The molecule has 0 radical (unpaired) electrons. The quantitative estimate of drug-likeness (QED) is 0.190. The van der Waals surface area contributed by atoms with E-state index < -0.39 is 0 Å². The van der Waals surface area contributed by atoms with E-state index in [0.717, 1.165) is 16.8 Å². The van der Waals surface area contributed by atoms with E-state index in [-0.39, 0.29) is 0 Å². The van der Waals surface area contributed by atoms with Gasteiger partial charge in [0.25, 0.3) is 0 Å². The number of hydrogen-bond acceptors (Lipinski definition) is 3. The Morgan fingerprint density at radius 1 is 0.392 bits per heavy atom. The van der Waals surface area contributed by atoms with Crippen molar-refractivity contribution in [1.29, 1.82) is 0 Å². The van der Waals surface area contributed by atoms with Crippen molar-refractivity contribution in [2.24, 2.45) is 0 Å². The largest absolute Gasteiger partial charge is 0.309 e. The summed E-state index contributed by atoms with van der Waals surface area (Å²) in [6.07, 6.45) is 0. The van der Waals surface area contributed by atoms with Crippen LogP contribution in [0, 0.1) is 6.92 Å². The van der Waals surface area contributed by atoms with Gasteiger partial charge in [-0.1, -0.05) is 109 Å². The van der Waals surface area contributed by atoms with E-state index in [2.05, 4.69) is 141 Å². The van der Waals surface area contributed by atoms with Crippen molar-refractivity contribution >= 4 is 59.9 Å². The average Bonchev–Trinajstić information content (AvgIpc) is 3.83. The standard InChI is InChI=1S/C46H29N5/c1-28-47-45(29-11-3-2-4-12-29)49-46(48-28)30-21-24-32(25-22-30)50-40-19-7-5-13-34(40)36-16-9-15-33(43(36)50)31-23-26-42-39(27-31)38-18-10-17-37-35-14-6-8-20-41(35)51(42)44(37)38/h2-27H,1H3. The Balaban J connectivity index is 1.10. The number of aromatic nitrogens is 5. The SMILES string of the molecule is Cc1nc(-c2ccccc2)nc(-c2ccc(-n3c4ccccc4c4cccc(-c5ccc6c(c5)c5cccc7c8ccccc8n6c75)c43)cc2)n1. The van der Waals surface area contributed by atoms with Crippen LogP contribution in [0.1, 0.15) is 5.82 Å². The number of nitrogens with zero attached hydrogens (tertiary/aromatic N) is 5. The minimum Gasteiger partial charge on any atom is -0.309 e. The molecular formula is C46H29N5. The normalized spacial score (nSPS) is 12.0. The Labute approximate surface area is 293 Å². The van der Waals surface area contributed by atoms with Crippen LogP contribution in [-0.4, -0.2) is 23.9 Å². The lowest BCUT2D eigenvalue weighted by molar-refractivity contribution is 0.991. The van der Waals surface area contributed by atoms with Gasteiger partial charge in [0.05, 0.1) is 27.6 Å². The predicted molar refractivity (Wildman–Crippen MR) is 210 cm³/mol. The van der Waals surface area contributed by atoms with Crippen LogP contribution < -0.4 is 0 Å². The second-order valence-corrected chi connectivity index (χ2v) is 13.3. The summed E-state index contributed by atoms with van der Waals surface area (Å²) in [4.78, 5) is 14.2. The van der Waals surface area contributed by atoms with Gasteiger partial charge in [0, 0.05) is 54.7 Å². The fraction of sp³-hybridized carbons (Fsp3) is 0.0217. The summed E-state index contributed by atoms with van der Waals surface area (Å²) in [6, 6.07) is 56.5. The molecule has 0 spiro atoms. The molecule has 7 aromatic carbocycles. The van der Waals surface area contributed by atoms with Gasteiger partial charge in [-0.3, -0.25) is 0 Å². The lowest BCUT2D eigenvalue weighted by Crippen LogP contribution is -2.00. The van der Waals surface area contributed by atoms with Crippen LogP contribution in [0.4, 0.5) is 0 Å². The third-order valence-electron chi connectivity index (χ3n) is 10.4. The molecule has 11 aromatic rings. The van der Waals surface area contributed by atoms with E-state index in [9.17, 15) is 0 Å². The maximum absolute atomic E-state index is 4.86. The highest BCUT2D eigenvalue weighted by molar-refractivity contribution is 6.24. The number of hydrogen-bond donors (Lipinski definition) is 0. The third-order valence-corrected chi connectivity index (χ3v) is 10.4. The molecule has 0 fully saturated rings. The van der Waals surface area contributed by atoms with Crippen LogP contribution in [0.2, 0.25) is 0 Å². The van der Waals surface area contributed by atoms with Gasteiger partial charge in [-0.25, -0.2) is 15.0 Å². The third kappa shape index (κ3) is 4.06. The summed E-state index contributed by atoms with van der Waals surface area (Å²) in [5, 5.41) is 7.61. The Bertz CT molecular complexity index is 3130. The first-order chi connectivity index (χ1) is 25.2. The minimum atomic E-state index is 0.669. The molecule has 5 nitrogen and oxygen atoms in total. The van der Waals surface area contributed by atoms with Gasteiger partial charge in [-0.15, -0.1) is 0 Å². The molecule has 51 heavy (non-hydrogen) atoms. The highest BCUT2D eigenvalue weighted by Gasteiger charge is 2.20. The zero-order valence-corrected chi connectivity index (χ0v) is 27.7. The molecule has 0 amide bonds. The van der Waals surface area contributed by atoms with Crippen LogP contribution in [0.5, 0.6) is 0 Å².